The summed E-state index contributed by atoms with van der Waals surface area (Å²) in [4.78, 5) is 0. The van der Waals surface area contributed by atoms with Crippen molar-refractivity contribution in [3.05, 3.63) is 29.3 Å². The van der Waals surface area contributed by atoms with Crippen LogP contribution < -0.4 is 4.74 Å². The molecule has 0 spiro atoms. The van der Waals surface area contributed by atoms with E-state index < -0.39 is 20.4 Å². The Kier molecular flexibility index (Phi) is 9.87. The maximum absolute atomic E-state index is 14.6. The summed E-state index contributed by atoms with van der Waals surface area (Å²) in [5.41, 5.74) is 0.830. The quantitative estimate of drug-likeness (QED) is 0.256. The zero-order valence-corrected chi connectivity index (χ0v) is 21.3. The summed E-state index contributed by atoms with van der Waals surface area (Å²) in [5.74, 6) is 0.785. The van der Waals surface area contributed by atoms with Crippen molar-refractivity contribution >= 4 is 8.80 Å². The lowest BCUT2D eigenvalue weighted by atomic mass is 9.72. The van der Waals surface area contributed by atoms with Crippen molar-refractivity contribution in [2.45, 2.75) is 122 Å². The van der Waals surface area contributed by atoms with Crippen LogP contribution in [0.3, 0.4) is 0 Å². The Labute approximate surface area is 191 Å². The first-order valence-corrected chi connectivity index (χ1v) is 15.6. The van der Waals surface area contributed by atoms with Gasteiger partial charge in [-0.05, 0) is 74.5 Å². The molecule has 1 saturated heterocycles. The molecule has 0 N–H and O–H groups in total. The number of ether oxygens (including phenoxy) is 1. The summed E-state index contributed by atoms with van der Waals surface area (Å²) in [6.45, 7) is 6.22. The molecule has 1 unspecified atom stereocenters. The molecule has 3 rings (SSSR count). The first kappa shape index (κ1) is 24.7. The van der Waals surface area contributed by atoms with Gasteiger partial charge < -0.3 is 4.74 Å². The average Bonchev–Trinajstić information content (AvgIpc) is 2.77. The second-order valence-corrected chi connectivity index (χ2v) is 13.9. The molecule has 1 aromatic carbocycles. The number of hydrogen-bond donors (Lipinski definition) is 0. The number of rotatable bonds is 10. The molecule has 0 aromatic heterocycles. The summed E-state index contributed by atoms with van der Waals surface area (Å²) in [6, 6.07) is 7.76. The van der Waals surface area contributed by atoms with E-state index in [4.69, 9.17) is 4.74 Å². The van der Waals surface area contributed by atoms with Crippen LogP contribution >= 0.6 is 0 Å². The summed E-state index contributed by atoms with van der Waals surface area (Å²) in [5, 5.41) is 0. The van der Waals surface area contributed by atoms with E-state index in [1.807, 2.05) is 13.8 Å². The van der Waals surface area contributed by atoms with Gasteiger partial charge in [0.05, 0.1) is 6.10 Å². The lowest BCUT2D eigenvalue weighted by Crippen LogP contribution is -2.28. The van der Waals surface area contributed by atoms with Crippen molar-refractivity contribution in [2.24, 2.45) is 11.8 Å². The molecule has 1 aliphatic carbocycles. The molecule has 4 heteroatoms. The second-order valence-electron chi connectivity index (χ2n) is 10.4. The molecule has 1 aliphatic heterocycles. The predicted molar refractivity (Wildman–Crippen MR) is 130 cm³/mol. The second kappa shape index (κ2) is 12.4. The van der Waals surface area contributed by atoms with Gasteiger partial charge in [0.1, 0.15) is 0 Å². The highest BCUT2D eigenvalue weighted by atomic mass is 28.3. The van der Waals surface area contributed by atoms with E-state index in [1.165, 1.54) is 57.1 Å². The number of halogens is 2. The Morgan fingerprint density at radius 3 is 2.10 bits per heavy atom. The van der Waals surface area contributed by atoms with Crippen LogP contribution in [-0.2, 0) is 0 Å². The maximum atomic E-state index is 14.6. The largest absolute Gasteiger partial charge is 0.485 e. The third-order valence-corrected chi connectivity index (χ3v) is 11.6. The molecule has 0 bridgehead atoms. The van der Waals surface area contributed by atoms with E-state index in [-0.39, 0.29) is 11.9 Å². The molecule has 0 amide bonds. The predicted octanol–water partition coefficient (Wildman–Crippen LogP) is 8.63. The lowest BCUT2D eigenvalue weighted by molar-refractivity contribution is 0.190. The fourth-order valence-electron chi connectivity index (χ4n) is 6.15. The molecule has 1 saturated carbocycles. The van der Waals surface area contributed by atoms with Crippen LogP contribution in [0.25, 0.3) is 0 Å². The van der Waals surface area contributed by atoms with E-state index in [9.17, 15) is 8.78 Å². The van der Waals surface area contributed by atoms with Crippen molar-refractivity contribution in [3.8, 4) is 5.75 Å². The third kappa shape index (κ3) is 7.04. The number of benzene rings is 1. The highest BCUT2D eigenvalue weighted by Crippen LogP contribution is 2.44. The number of unbranched alkanes of at least 4 members (excludes halogenated alkanes) is 2. The molecule has 2 aliphatic rings. The zero-order chi connectivity index (χ0) is 22.2. The van der Waals surface area contributed by atoms with Gasteiger partial charge >= 0.3 is 0 Å². The minimum atomic E-state index is -0.536. The van der Waals surface area contributed by atoms with Crippen LogP contribution in [0.1, 0.15) is 103 Å². The third-order valence-electron chi connectivity index (χ3n) is 8.05. The molecular formula is C27H44F2OSi. The van der Waals surface area contributed by atoms with Crippen molar-refractivity contribution in [2.75, 3.05) is 0 Å². The van der Waals surface area contributed by atoms with E-state index in [2.05, 4.69) is 6.92 Å². The molecule has 0 radical (unpaired) electrons. The zero-order valence-electron chi connectivity index (χ0n) is 20.1. The monoisotopic (exact) mass is 450 g/mol. The van der Waals surface area contributed by atoms with Gasteiger partial charge in [0, 0.05) is 8.80 Å². The van der Waals surface area contributed by atoms with Gasteiger partial charge in [0.15, 0.2) is 17.4 Å². The molecule has 1 atom stereocenters. The Hall–Kier alpha value is -0.903. The molecule has 1 heterocycles. The van der Waals surface area contributed by atoms with Crippen LogP contribution in [0.2, 0.25) is 18.1 Å². The molecule has 176 valence electrons. The normalized spacial score (nSPS) is 27.8. The van der Waals surface area contributed by atoms with Crippen LogP contribution in [0.15, 0.2) is 12.1 Å². The Balaban J connectivity index is 1.48. The highest BCUT2D eigenvalue weighted by Gasteiger charge is 2.32. The lowest BCUT2D eigenvalue weighted by Gasteiger charge is -2.37. The molecule has 1 nitrogen and oxygen atoms in total. The standard InChI is InChI=1S/C27H44F2OSi/c1-4-6-7-15-31-16-13-23(14-17-31)21-9-11-22(12-10-21)24-18-25(28)27(26(29)19-24)30-20(3)8-5-2/h18-23,31H,4-17H2,1-3H3. The molecule has 1 aromatic rings. The summed E-state index contributed by atoms with van der Waals surface area (Å²) < 4.78 is 34.8. The minimum absolute atomic E-state index is 0.167. The van der Waals surface area contributed by atoms with Gasteiger partial charge in [-0.1, -0.05) is 70.5 Å². The maximum Gasteiger partial charge on any atom is 0.191 e. The van der Waals surface area contributed by atoms with E-state index in [0.29, 0.717) is 5.92 Å². The SMILES string of the molecule is CCCCC[SiH]1CCC(C2CCC(c3cc(F)c(OC(C)CCC)c(F)c3)CC2)CC1. The van der Waals surface area contributed by atoms with E-state index in [1.54, 1.807) is 18.1 Å². The first-order chi connectivity index (χ1) is 15.0. The smallest absolute Gasteiger partial charge is 0.191 e. The van der Waals surface area contributed by atoms with E-state index >= 15 is 0 Å². The summed E-state index contributed by atoms with van der Waals surface area (Å²) in [6.07, 6.45) is 13.3. The molecular weight excluding hydrogens is 406 g/mol. The van der Waals surface area contributed by atoms with Crippen molar-refractivity contribution < 1.29 is 13.5 Å². The summed E-state index contributed by atoms with van der Waals surface area (Å²) in [7, 11) is -0.439. The fourth-order valence-corrected chi connectivity index (χ4v) is 9.68. The average molecular weight is 451 g/mol. The number of hydrogen-bond acceptors (Lipinski definition) is 1. The summed E-state index contributed by atoms with van der Waals surface area (Å²) >= 11 is 0. The van der Waals surface area contributed by atoms with Gasteiger partial charge in [0.25, 0.3) is 0 Å². The van der Waals surface area contributed by atoms with Gasteiger partial charge in [-0.25, -0.2) is 8.78 Å². The van der Waals surface area contributed by atoms with Crippen LogP contribution in [0.4, 0.5) is 8.78 Å². The Morgan fingerprint density at radius 1 is 0.903 bits per heavy atom. The van der Waals surface area contributed by atoms with Crippen LogP contribution in [0, 0.1) is 23.5 Å². The van der Waals surface area contributed by atoms with E-state index in [0.717, 1.165) is 43.1 Å². The van der Waals surface area contributed by atoms with Crippen molar-refractivity contribution in [1.82, 2.24) is 0 Å². The van der Waals surface area contributed by atoms with Gasteiger partial charge in [-0.3, -0.25) is 0 Å². The Bertz CT molecular complexity index is 640. The van der Waals surface area contributed by atoms with Crippen LogP contribution in [0.5, 0.6) is 5.75 Å². The van der Waals surface area contributed by atoms with Crippen LogP contribution in [-0.4, -0.2) is 14.9 Å². The van der Waals surface area contributed by atoms with Crippen molar-refractivity contribution in [3.63, 3.8) is 0 Å². The topological polar surface area (TPSA) is 9.23 Å². The fraction of sp³-hybridized carbons (Fsp3) is 0.778. The molecule has 31 heavy (non-hydrogen) atoms. The van der Waals surface area contributed by atoms with Crippen molar-refractivity contribution in [1.29, 1.82) is 0 Å². The first-order valence-electron chi connectivity index (χ1n) is 13.2. The van der Waals surface area contributed by atoms with Gasteiger partial charge in [-0.2, -0.15) is 0 Å². The highest BCUT2D eigenvalue weighted by molar-refractivity contribution is 6.58. The minimum Gasteiger partial charge on any atom is -0.485 e. The van der Waals surface area contributed by atoms with Gasteiger partial charge in [0.2, 0.25) is 0 Å². The Morgan fingerprint density at radius 2 is 1.52 bits per heavy atom. The molecule has 2 fully saturated rings. The van der Waals surface area contributed by atoms with Gasteiger partial charge in [-0.15, -0.1) is 0 Å².